The lowest BCUT2D eigenvalue weighted by Crippen LogP contribution is -2.29. The molecule has 8 nitrogen and oxygen atoms in total. The molecule has 1 fully saturated rings. The minimum Gasteiger partial charge on any atom is -0.369 e. The van der Waals surface area contributed by atoms with Crippen LogP contribution in [0.5, 0.6) is 0 Å². The van der Waals surface area contributed by atoms with Crippen molar-refractivity contribution in [1.82, 2.24) is 9.55 Å². The van der Waals surface area contributed by atoms with Crippen LogP contribution in [0.1, 0.15) is 37.4 Å². The molecule has 0 spiro atoms. The number of aryl methyl sites for hydroxylation is 1. The van der Waals surface area contributed by atoms with Crippen LogP contribution in [0.4, 0.5) is 30.6 Å². The number of primary amides is 1. The Bertz CT molecular complexity index is 1120. The average Bonchev–Trinajstić information content (AvgIpc) is 3.07. The number of rotatable bonds is 6. The minimum atomic E-state index is -4.51. The highest BCUT2D eigenvalue weighted by Gasteiger charge is 2.31. The van der Waals surface area contributed by atoms with E-state index in [4.69, 9.17) is 40.5 Å². The van der Waals surface area contributed by atoms with Crippen molar-refractivity contribution in [3.05, 3.63) is 32.9 Å². The van der Waals surface area contributed by atoms with Crippen LogP contribution >= 0.6 is 34.8 Å². The average molecular weight is 553 g/mol. The van der Waals surface area contributed by atoms with E-state index in [1.807, 2.05) is 0 Å². The predicted octanol–water partition coefficient (Wildman–Crippen LogP) is 6.14. The maximum Gasteiger partial charge on any atom is 0.408 e. The Labute approximate surface area is 214 Å². The number of hydrogen-bond donors (Lipinski definition) is 3. The van der Waals surface area contributed by atoms with Gasteiger partial charge in [-0.3, -0.25) is 9.36 Å². The Balaban J connectivity index is 2.03. The molecule has 2 aromatic rings. The number of nitrogens with one attached hydrogen (secondary N) is 2. The highest BCUT2D eigenvalue weighted by Crippen LogP contribution is 2.41. The Kier molecular flexibility index (Phi) is 8.55. The molecule has 0 radical (unpaired) electrons. The van der Waals surface area contributed by atoms with Gasteiger partial charge in [0.15, 0.2) is 0 Å². The molecule has 1 aliphatic rings. The number of carbonyl (C=O) groups is 1. The number of aliphatic imine (C=N–C) groups is 2. The van der Waals surface area contributed by atoms with Crippen molar-refractivity contribution >= 4 is 70.8 Å². The molecule has 0 bridgehead atoms. The molecule has 3 rings (SSSR count). The Morgan fingerprint density at radius 1 is 1.23 bits per heavy atom. The number of nitrogens with two attached hydrogens (primary N) is 1. The number of imidazole rings is 1. The van der Waals surface area contributed by atoms with Crippen molar-refractivity contribution in [2.24, 2.45) is 21.6 Å². The molecule has 14 heteroatoms. The smallest absolute Gasteiger partial charge is 0.369 e. The second-order valence-electron chi connectivity index (χ2n) is 8.05. The predicted molar refractivity (Wildman–Crippen MR) is 133 cm³/mol. The molecule has 0 aliphatic heterocycles. The van der Waals surface area contributed by atoms with Crippen LogP contribution in [0, 0.1) is 12.8 Å². The Morgan fingerprint density at radius 3 is 2.34 bits per heavy atom. The van der Waals surface area contributed by atoms with Crippen molar-refractivity contribution in [1.29, 1.82) is 0 Å². The third kappa shape index (κ3) is 6.80. The summed E-state index contributed by atoms with van der Waals surface area (Å²) in [5, 5.41) is 6.77. The fourth-order valence-electron chi connectivity index (χ4n) is 3.93. The largest absolute Gasteiger partial charge is 0.408 e. The summed E-state index contributed by atoms with van der Waals surface area (Å²) < 4.78 is 39.9. The summed E-state index contributed by atoms with van der Waals surface area (Å²) in [5.74, 6) is -0.226. The van der Waals surface area contributed by atoms with Gasteiger partial charge in [0.1, 0.15) is 12.4 Å². The number of amides is 1. The van der Waals surface area contributed by atoms with Crippen molar-refractivity contribution in [3.8, 4) is 0 Å². The van der Waals surface area contributed by atoms with Gasteiger partial charge in [0.25, 0.3) is 0 Å². The van der Waals surface area contributed by atoms with Crippen LogP contribution in [-0.2, 0) is 4.79 Å². The fourth-order valence-corrected chi connectivity index (χ4v) is 4.84. The number of alkyl halides is 3. The van der Waals surface area contributed by atoms with Crippen LogP contribution in [0.2, 0.25) is 15.1 Å². The molecule has 190 valence electrons. The summed E-state index contributed by atoms with van der Waals surface area (Å²) in [5.41, 5.74) is 6.27. The van der Waals surface area contributed by atoms with Gasteiger partial charge in [-0.25, -0.2) is 15.0 Å². The molecule has 0 unspecified atom stereocenters. The molecule has 1 saturated carbocycles. The first-order chi connectivity index (χ1) is 16.4. The number of nitrogens with zero attached hydrogens (tertiary/aromatic N) is 4. The Morgan fingerprint density at radius 2 is 1.83 bits per heavy atom. The zero-order valence-corrected chi connectivity index (χ0v) is 20.9. The minimum absolute atomic E-state index is 0.171. The van der Waals surface area contributed by atoms with Crippen LogP contribution in [-0.4, -0.2) is 40.9 Å². The number of halogens is 6. The van der Waals surface area contributed by atoms with E-state index in [1.54, 1.807) is 11.5 Å². The van der Waals surface area contributed by atoms with Crippen LogP contribution in [0.3, 0.4) is 0 Å². The van der Waals surface area contributed by atoms with Gasteiger partial charge in [-0.05, 0) is 51.5 Å². The fraction of sp³-hybridized carbons (Fsp3) is 0.429. The molecule has 1 aliphatic carbocycles. The van der Waals surface area contributed by atoms with Gasteiger partial charge >= 0.3 is 6.18 Å². The van der Waals surface area contributed by atoms with Crippen LogP contribution < -0.4 is 16.4 Å². The van der Waals surface area contributed by atoms with E-state index >= 15 is 0 Å². The van der Waals surface area contributed by atoms with E-state index in [2.05, 4.69) is 32.3 Å². The van der Waals surface area contributed by atoms with E-state index < -0.39 is 12.7 Å². The first kappa shape index (κ1) is 27.1. The first-order valence-corrected chi connectivity index (χ1v) is 11.7. The maximum absolute atomic E-state index is 12.7. The number of carbonyl (C=O) groups excluding carboxylic acids is 1. The molecule has 35 heavy (non-hydrogen) atoms. The standard InChI is InChI=1S/C21H23Cl3F3N7O/c1-10-18(33-19(29-2)30-9-21(25,26)27)34(13-5-3-11(4-6-13)17(28)35)20(31-10)32-16-14(23)7-12(22)8-15(16)24/h7-8,11,13H,2-6,9H2,1H3,(H2,28,35)(H,30,33)(H,31,32). The van der Waals surface area contributed by atoms with Gasteiger partial charge in [-0.1, -0.05) is 34.8 Å². The Hall–Kier alpha value is -2.50. The topological polar surface area (TPSA) is 110 Å². The summed E-state index contributed by atoms with van der Waals surface area (Å²) in [4.78, 5) is 23.2. The second kappa shape index (κ2) is 11.0. The molecule has 1 heterocycles. The number of anilines is 3. The number of benzene rings is 1. The lowest BCUT2D eigenvalue weighted by molar-refractivity contribution is -0.123. The van der Waals surface area contributed by atoms with E-state index in [9.17, 15) is 18.0 Å². The summed E-state index contributed by atoms with van der Waals surface area (Å²) in [6, 6.07) is 2.85. The van der Waals surface area contributed by atoms with Gasteiger partial charge < -0.3 is 16.4 Å². The summed E-state index contributed by atoms with van der Waals surface area (Å²) in [7, 11) is 0. The monoisotopic (exact) mass is 551 g/mol. The third-order valence-electron chi connectivity index (χ3n) is 5.58. The van der Waals surface area contributed by atoms with Gasteiger partial charge in [0, 0.05) is 17.0 Å². The van der Waals surface area contributed by atoms with E-state index in [0.29, 0.717) is 53.9 Å². The number of hydrogen-bond acceptors (Lipinski definition) is 4. The quantitative estimate of drug-likeness (QED) is 0.295. The molecule has 1 aromatic heterocycles. The number of guanidine groups is 1. The van der Waals surface area contributed by atoms with Crippen molar-refractivity contribution in [3.63, 3.8) is 0 Å². The normalized spacial score (nSPS) is 18.9. The van der Waals surface area contributed by atoms with Gasteiger partial charge in [-0.2, -0.15) is 13.2 Å². The van der Waals surface area contributed by atoms with E-state index in [-0.39, 0.29) is 33.9 Å². The molecule has 1 aromatic carbocycles. The molecule has 0 atom stereocenters. The molecule has 0 saturated heterocycles. The van der Waals surface area contributed by atoms with Crippen molar-refractivity contribution < 1.29 is 18.0 Å². The molecule has 4 N–H and O–H groups in total. The highest BCUT2D eigenvalue weighted by atomic mass is 35.5. The van der Waals surface area contributed by atoms with Crippen molar-refractivity contribution in [2.75, 3.05) is 17.2 Å². The molecular weight excluding hydrogens is 530 g/mol. The maximum atomic E-state index is 12.7. The third-order valence-corrected chi connectivity index (χ3v) is 6.40. The summed E-state index contributed by atoms with van der Waals surface area (Å²) in [6.07, 6.45) is -2.26. The van der Waals surface area contributed by atoms with Gasteiger partial charge in [-0.15, -0.1) is 0 Å². The zero-order valence-electron chi connectivity index (χ0n) is 18.6. The first-order valence-electron chi connectivity index (χ1n) is 10.5. The van der Waals surface area contributed by atoms with Crippen molar-refractivity contribution in [2.45, 2.75) is 44.8 Å². The summed E-state index contributed by atoms with van der Waals surface area (Å²) >= 11 is 18.7. The SMILES string of the molecule is C=NC(=NCC(F)(F)F)Nc1c(C)nc(Nc2c(Cl)cc(Cl)cc2Cl)n1C1CCC(C(N)=O)CC1. The lowest BCUT2D eigenvalue weighted by atomic mass is 9.85. The second-order valence-corrected chi connectivity index (χ2v) is 9.31. The van der Waals surface area contributed by atoms with E-state index in [0.717, 1.165) is 0 Å². The highest BCUT2D eigenvalue weighted by molar-refractivity contribution is 6.41. The molecule has 1 amide bonds. The van der Waals surface area contributed by atoms with Crippen LogP contribution in [0.25, 0.3) is 0 Å². The number of aromatic nitrogens is 2. The van der Waals surface area contributed by atoms with Crippen LogP contribution in [0.15, 0.2) is 22.1 Å². The zero-order chi connectivity index (χ0) is 25.9. The van der Waals surface area contributed by atoms with Gasteiger partial charge in [0.2, 0.25) is 17.8 Å². The lowest BCUT2D eigenvalue weighted by Gasteiger charge is -2.30. The molecular formula is C21H23Cl3F3N7O. The van der Waals surface area contributed by atoms with E-state index in [1.165, 1.54) is 12.1 Å². The summed E-state index contributed by atoms with van der Waals surface area (Å²) in [6.45, 7) is 3.56. The van der Waals surface area contributed by atoms with Gasteiger partial charge in [0.05, 0.1) is 21.4 Å².